The lowest BCUT2D eigenvalue weighted by Gasteiger charge is -2.32. The van der Waals surface area contributed by atoms with Crippen molar-refractivity contribution in [3.63, 3.8) is 0 Å². The highest BCUT2D eigenvalue weighted by molar-refractivity contribution is 7.99. The van der Waals surface area contributed by atoms with Gasteiger partial charge in [0.05, 0.1) is 11.8 Å². The second-order valence-electron chi connectivity index (χ2n) is 4.07. The maximum atomic E-state index is 5.84. The molecular weight excluding hydrogens is 220 g/mol. The van der Waals surface area contributed by atoms with Crippen molar-refractivity contribution in [2.75, 3.05) is 36.6 Å². The molecule has 0 saturated heterocycles. The largest absolute Gasteiger partial charge is 0.399 e. The first-order valence-corrected chi connectivity index (χ1v) is 6.49. The van der Waals surface area contributed by atoms with Crippen LogP contribution in [0.1, 0.15) is 6.92 Å². The normalized spacial score (nSPS) is 17.0. The third-order valence-electron chi connectivity index (χ3n) is 2.82. The molecule has 2 rings (SSSR count). The van der Waals surface area contributed by atoms with Crippen molar-refractivity contribution < 1.29 is 4.74 Å². The summed E-state index contributed by atoms with van der Waals surface area (Å²) in [6.45, 7) is 4.08. The fraction of sp³-hybridized carbons (Fsp3) is 0.500. The Morgan fingerprint density at radius 2 is 2.38 bits per heavy atom. The van der Waals surface area contributed by atoms with Gasteiger partial charge in [0.2, 0.25) is 0 Å². The highest BCUT2D eigenvalue weighted by atomic mass is 32.2. The zero-order chi connectivity index (χ0) is 11.5. The van der Waals surface area contributed by atoms with Gasteiger partial charge in [-0.05, 0) is 25.1 Å². The standard InChI is InChI=1S/C12H18N2OS/c1-9(15-2)8-14-5-6-16-12-4-3-10(13)7-11(12)14/h3-4,7,9H,5-6,8,13H2,1-2H3. The van der Waals surface area contributed by atoms with Gasteiger partial charge in [-0.15, -0.1) is 11.8 Å². The summed E-state index contributed by atoms with van der Waals surface area (Å²) in [7, 11) is 1.75. The number of ether oxygens (including phenoxy) is 1. The second kappa shape index (κ2) is 4.97. The van der Waals surface area contributed by atoms with Crippen LogP contribution in [0.25, 0.3) is 0 Å². The molecule has 88 valence electrons. The summed E-state index contributed by atoms with van der Waals surface area (Å²) in [5.74, 6) is 1.13. The topological polar surface area (TPSA) is 38.5 Å². The Balaban J connectivity index is 2.21. The van der Waals surface area contributed by atoms with E-state index in [4.69, 9.17) is 10.5 Å². The van der Waals surface area contributed by atoms with Crippen molar-refractivity contribution >= 4 is 23.1 Å². The van der Waals surface area contributed by atoms with Crippen LogP contribution < -0.4 is 10.6 Å². The highest BCUT2D eigenvalue weighted by Crippen LogP contribution is 2.36. The molecule has 0 radical (unpaired) electrons. The van der Waals surface area contributed by atoms with Crippen molar-refractivity contribution in [1.82, 2.24) is 0 Å². The minimum Gasteiger partial charge on any atom is -0.399 e. The smallest absolute Gasteiger partial charge is 0.0718 e. The van der Waals surface area contributed by atoms with E-state index in [1.165, 1.54) is 10.6 Å². The molecule has 1 heterocycles. The fourth-order valence-electron chi connectivity index (χ4n) is 1.86. The molecule has 0 amide bonds. The molecule has 1 unspecified atom stereocenters. The Morgan fingerprint density at radius 1 is 1.56 bits per heavy atom. The van der Waals surface area contributed by atoms with Crippen LogP contribution in [0.3, 0.4) is 0 Å². The Kier molecular flexibility index (Phi) is 3.61. The quantitative estimate of drug-likeness (QED) is 0.819. The molecular formula is C12H18N2OS. The molecule has 0 saturated carbocycles. The van der Waals surface area contributed by atoms with Crippen LogP contribution in [-0.4, -0.2) is 32.1 Å². The number of thioether (sulfide) groups is 1. The first-order valence-electron chi connectivity index (χ1n) is 5.51. The van der Waals surface area contributed by atoms with E-state index in [9.17, 15) is 0 Å². The van der Waals surface area contributed by atoms with Gasteiger partial charge in [-0.25, -0.2) is 0 Å². The maximum Gasteiger partial charge on any atom is 0.0718 e. The number of hydrogen-bond donors (Lipinski definition) is 1. The third kappa shape index (κ3) is 2.44. The molecule has 1 atom stereocenters. The molecule has 2 N–H and O–H groups in total. The molecule has 1 aliphatic rings. The Morgan fingerprint density at radius 3 is 3.12 bits per heavy atom. The molecule has 16 heavy (non-hydrogen) atoms. The van der Waals surface area contributed by atoms with Crippen LogP contribution in [0.15, 0.2) is 23.1 Å². The van der Waals surface area contributed by atoms with Crippen LogP contribution >= 0.6 is 11.8 Å². The molecule has 1 aliphatic heterocycles. The van der Waals surface area contributed by atoms with Crippen molar-refractivity contribution in [2.24, 2.45) is 0 Å². The summed E-state index contributed by atoms with van der Waals surface area (Å²) in [6.07, 6.45) is 0.248. The number of nitrogen functional groups attached to an aromatic ring is 1. The van der Waals surface area contributed by atoms with Crippen LogP contribution in [0.5, 0.6) is 0 Å². The number of methoxy groups -OCH3 is 1. The molecule has 4 heteroatoms. The summed E-state index contributed by atoms with van der Waals surface area (Å²) >= 11 is 1.90. The molecule has 3 nitrogen and oxygen atoms in total. The predicted octanol–water partition coefficient (Wildman–Crippen LogP) is 2.22. The Bertz CT molecular complexity index is 370. The van der Waals surface area contributed by atoms with Crippen LogP contribution in [0.4, 0.5) is 11.4 Å². The van der Waals surface area contributed by atoms with E-state index in [2.05, 4.69) is 24.0 Å². The highest BCUT2D eigenvalue weighted by Gasteiger charge is 2.19. The monoisotopic (exact) mass is 238 g/mol. The molecule has 0 spiro atoms. The first-order chi connectivity index (χ1) is 7.70. The zero-order valence-electron chi connectivity index (χ0n) is 9.77. The third-order valence-corrected chi connectivity index (χ3v) is 3.87. The number of nitrogens with zero attached hydrogens (tertiary/aromatic N) is 1. The van der Waals surface area contributed by atoms with E-state index in [1.54, 1.807) is 7.11 Å². The molecule has 0 aromatic heterocycles. The minimum absolute atomic E-state index is 0.248. The lowest BCUT2D eigenvalue weighted by Crippen LogP contribution is -2.35. The molecule has 0 fully saturated rings. The van der Waals surface area contributed by atoms with Gasteiger partial charge in [-0.2, -0.15) is 0 Å². The summed E-state index contributed by atoms with van der Waals surface area (Å²) in [5, 5.41) is 0. The SMILES string of the molecule is COC(C)CN1CCSc2ccc(N)cc21. The van der Waals surface area contributed by atoms with Crippen molar-refractivity contribution in [3.8, 4) is 0 Å². The van der Waals surface area contributed by atoms with E-state index >= 15 is 0 Å². The van der Waals surface area contributed by atoms with Gasteiger partial charge in [0.25, 0.3) is 0 Å². The van der Waals surface area contributed by atoms with E-state index < -0.39 is 0 Å². The van der Waals surface area contributed by atoms with Gasteiger partial charge < -0.3 is 15.4 Å². The van der Waals surface area contributed by atoms with Gasteiger partial charge in [-0.3, -0.25) is 0 Å². The van der Waals surface area contributed by atoms with Gasteiger partial charge in [0.15, 0.2) is 0 Å². The Hall–Kier alpha value is -0.870. The fourth-order valence-corrected chi connectivity index (χ4v) is 2.90. The number of benzene rings is 1. The molecule has 1 aromatic carbocycles. The lowest BCUT2D eigenvalue weighted by atomic mass is 10.2. The van der Waals surface area contributed by atoms with Crippen molar-refractivity contribution in [2.45, 2.75) is 17.9 Å². The van der Waals surface area contributed by atoms with E-state index in [0.717, 1.165) is 24.5 Å². The first kappa shape index (κ1) is 11.6. The van der Waals surface area contributed by atoms with Crippen LogP contribution in [0.2, 0.25) is 0 Å². The molecule has 1 aromatic rings. The molecule has 0 bridgehead atoms. The van der Waals surface area contributed by atoms with E-state index in [0.29, 0.717) is 0 Å². The number of hydrogen-bond acceptors (Lipinski definition) is 4. The van der Waals surface area contributed by atoms with E-state index in [-0.39, 0.29) is 6.10 Å². The predicted molar refractivity (Wildman–Crippen MR) is 70.3 cm³/mol. The van der Waals surface area contributed by atoms with Gasteiger partial charge >= 0.3 is 0 Å². The minimum atomic E-state index is 0.248. The number of rotatable bonds is 3. The zero-order valence-corrected chi connectivity index (χ0v) is 10.6. The average molecular weight is 238 g/mol. The average Bonchev–Trinajstić information content (AvgIpc) is 2.29. The van der Waals surface area contributed by atoms with Crippen LogP contribution in [0, 0.1) is 0 Å². The second-order valence-corrected chi connectivity index (χ2v) is 5.20. The number of fused-ring (bicyclic) bond motifs is 1. The lowest BCUT2D eigenvalue weighted by molar-refractivity contribution is 0.123. The van der Waals surface area contributed by atoms with Crippen molar-refractivity contribution in [1.29, 1.82) is 0 Å². The van der Waals surface area contributed by atoms with Gasteiger partial charge in [0, 0.05) is 36.5 Å². The van der Waals surface area contributed by atoms with Crippen LogP contribution in [-0.2, 0) is 4.74 Å². The Labute approximate surface area is 101 Å². The summed E-state index contributed by atoms with van der Waals surface area (Å²) in [6, 6.07) is 6.14. The van der Waals surface area contributed by atoms with Gasteiger partial charge in [-0.1, -0.05) is 0 Å². The number of anilines is 2. The van der Waals surface area contributed by atoms with E-state index in [1.807, 2.05) is 17.8 Å². The number of nitrogens with two attached hydrogens (primary N) is 1. The van der Waals surface area contributed by atoms with Gasteiger partial charge in [0.1, 0.15) is 0 Å². The maximum absolute atomic E-state index is 5.84. The summed E-state index contributed by atoms with van der Waals surface area (Å²) < 4.78 is 5.32. The summed E-state index contributed by atoms with van der Waals surface area (Å²) in [5.41, 5.74) is 7.92. The summed E-state index contributed by atoms with van der Waals surface area (Å²) in [4.78, 5) is 3.68. The molecule has 0 aliphatic carbocycles. The van der Waals surface area contributed by atoms with Crippen molar-refractivity contribution in [3.05, 3.63) is 18.2 Å².